The number of hydrogen-bond acceptors (Lipinski definition) is 6. The highest BCUT2D eigenvalue weighted by atomic mass is 32.2. The molecular formula is C22H26N4O5S. The highest BCUT2D eigenvalue weighted by Crippen LogP contribution is 2.25. The smallest absolute Gasteiger partial charge is 0.244 e. The standard InChI is InChI=1S/C22H26N4O5S/c1-15-7-8-17(13-20(15)32(29,30)25-9-11-31-12-10-25)23-21(28)14-26-19-6-4-3-5-18(19)24-22(26)16(2)27/h3-8,13,16,27H,9-12,14H2,1-2H3,(H,23,28)/t16-/m1/s1. The van der Waals surface area contributed by atoms with E-state index in [0.29, 0.717) is 48.9 Å². The van der Waals surface area contributed by atoms with Gasteiger partial charge in [-0.1, -0.05) is 18.2 Å². The van der Waals surface area contributed by atoms with Crippen molar-refractivity contribution in [1.29, 1.82) is 0 Å². The molecule has 1 saturated heterocycles. The number of sulfonamides is 1. The van der Waals surface area contributed by atoms with Crippen molar-refractivity contribution in [2.45, 2.75) is 31.4 Å². The van der Waals surface area contributed by atoms with Gasteiger partial charge in [-0.2, -0.15) is 4.31 Å². The van der Waals surface area contributed by atoms with Crippen LogP contribution >= 0.6 is 0 Å². The van der Waals surface area contributed by atoms with E-state index in [0.717, 1.165) is 5.52 Å². The molecule has 1 aliphatic heterocycles. The molecule has 1 aliphatic rings. The van der Waals surface area contributed by atoms with E-state index in [9.17, 15) is 18.3 Å². The van der Waals surface area contributed by atoms with Crippen LogP contribution in [0.1, 0.15) is 24.4 Å². The lowest BCUT2D eigenvalue weighted by Crippen LogP contribution is -2.40. The molecule has 0 radical (unpaired) electrons. The third-order valence-corrected chi connectivity index (χ3v) is 7.46. The van der Waals surface area contributed by atoms with Crippen molar-refractivity contribution in [3.8, 4) is 0 Å². The zero-order valence-corrected chi connectivity index (χ0v) is 18.8. The number of morpholine rings is 1. The van der Waals surface area contributed by atoms with E-state index in [1.165, 1.54) is 10.4 Å². The Kier molecular flexibility index (Phi) is 6.29. The number of amides is 1. The molecule has 2 heterocycles. The molecule has 4 rings (SSSR count). The number of rotatable bonds is 6. The van der Waals surface area contributed by atoms with Crippen LogP contribution in [0.5, 0.6) is 0 Å². The summed E-state index contributed by atoms with van der Waals surface area (Å²) in [6, 6.07) is 12.2. The van der Waals surface area contributed by atoms with Crippen LogP contribution in [0.15, 0.2) is 47.4 Å². The Morgan fingerprint density at radius 2 is 1.94 bits per heavy atom. The summed E-state index contributed by atoms with van der Waals surface area (Å²) in [5.41, 5.74) is 2.41. The van der Waals surface area contributed by atoms with Gasteiger partial charge in [0, 0.05) is 18.8 Å². The number of nitrogens with zero attached hydrogens (tertiary/aromatic N) is 3. The summed E-state index contributed by atoms with van der Waals surface area (Å²) in [6.45, 7) is 4.57. The zero-order valence-electron chi connectivity index (χ0n) is 18.0. The van der Waals surface area contributed by atoms with E-state index in [-0.39, 0.29) is 17.3 Å². The highest BCUT2D eigenvalue weighted by molar-refractivity contribution is 7.89. The lowest BCUT2D eigenvalue weighted by Gasteiger charge is -2.26. The van der Waals surface area contributed by atoms with E-state index in [2.05, 4.69) is 10.3 Å². The van der Waals surface area contributed by atoms with Crippen LogP contribution in [0.25, 0.3) is 11.0 Å². The van der Waals surface area contributed by atoms with Gasteiger partial charge in [0.25, 0.3) is 0 Å². The largest absolute Gasteiger partial charge is 0.385 e. The Morgan fingerprint density at radius 3 is 2.66 bits per heavy atom. The zero-order chi connectivity index (χ0) is 22.9. The first-order chi connectivity index (χ1) is 15.3. The molecule has 3 aromatic rings. The molecule has 1 aromatic heterocycles. The maximum atomic E-state index is 13.1. The summed E-state index contributed by atoms with van der Waals surface area (Å²) in [4.78, 5) is 17.4. The lowest BCUT2D eigenvalue weighted by molar-refractivity contribution is -0.116. The minimum Gasteiger partial charge on any atom is -0.385 e. The normalized spacial score (nSPS) is 16.2. The van der Waals surface area contributed by atoms with Gasteiger partial charge in [0.05, 0.1) is 29.1 Å². The summed E-state index contributed by atoms with van der Waals surface area (Å²) < 4.78 is 34.5. The minimum atomic E-state index is -3.69. The molecule has 0 unspecified atom stereocenters. The molecule has 9 nitrogen and oxygen atoms in total. The number of para-hydroxylation sites is 2. The number of anilines is 1. The number of ether oxygens (including phenoxy) is 1. The number of hydrogen-bond donors (Lipinski definition) is 2. The maximum absolute atomic E-state index is 13.1. The quantitative estimate of drug-likeness (QED) is 0.585. The molecule has 1 fully saturated rings. The highest BCUT2D eigenvalue weighted by Gasteiger charge is 2.28. The van der Waals surface area contributed by atoms with E-state index >= 15 is 0 Å². The first-order valence-corrected chi connectivity index (χ1v) is 11.8. The van der Waals surface area contributed by atoms with Crippen LogP contribution < -0.4 is 5.32 Å². The van der Waals surface area contributed by atoms with Crippen LogP contribution in [-0.4, -0.2) is 59.6 Å². The van der Waals surface area contributed by atoms with Gasteiger partial charge in [-0.25, -0.2) is 13.4 Å². The predicted molar refractivity (Wildman–Crippen MR) is 120 cm³/mol. The molecular weight excluding hydrogens is 432 g/mol. The van der Waals surface area contributed by atoms with E-state index in [1.807, 2.05) is 24.3 Å². The molecule has 2 aromatic carbocycles. The summed E-state index contributed by atoms with van der Waals surface area (Å²) in [5, 5.41) is 12.9. The van der Waals surface area contributed by atoms with Crippen LogP contribution in [0.2, 0.25) is 0 Å². The second-order valence-corrected chi connectivity index (χ2v) is 9.67. The van der Waals surface area contributed by atoms with Crippen molar-refractivity contribution in [3.63, 3.8) is 0 Å². The lowest BCUT2D eigenvalue weighted by atomic mass is 10.2. The van der Waals surface area contributed by atoms with Crippen LogP contribution in [0.4, 0.5) is 5.69 Å². The minimum absolute atomic E-state index is 0.0693. The fourth-order valence-corrected chi connectivity index (χ4v) is 5.46. The summed E-state index contributed by atoms with van der Waals surface area (Å²) in [7, 11) is -3.69. The fraction of sp³-hybridized carbons (Fsp3) is 0.364. The number of imidazole rings is 1. The Hall–Kier alpha value is -2.79. The van der Waals surface area contributed by atoms with Gasteiger partial charge >= 0.3 is 0 Å². The van der Waals surface area contributed by atoms with Crippen LogP contribution in [-0.2, 0) is 26.1 Å². The van der Waals surface area contributed by atoms with Crippen molar-refractivity contribution in [1.82, 2.24) is 13.9 Å². The van der Waals surface area contributed by atoms with Gasteiger partial charge in [-0.3, -0.25) is 4.79 Å². The summed E-state index contributed by atoms with van der Waals surface area (Å²) in [5.74, 6) is 0.0365. The number of fused-ring (bicyclic) bond motifs is 1. The summed E-state index contributed by atoms with van der Waals surface area (Å²) in [6.07, 6.45) is -0.847. The van der Waals surface area contributed by atoms with Crippen molar-refractivity contribution >= 4 is 32.7 Å². The molecule has 0 saturated carbocycles. The second-order valence-electron chi connectivity index (χ2n) is 7.77. The number of aliphatic hydroxyl groups excluding tert-OH is 1. The van der Waals surface area contributed by atoms with E-state index in [4.69, 9.17) is 4.74 Å². The molecule has 32 heavy (non-hydrogen) atoms. The third-order valence-electron chi connectivity index (χ3n) is 5.42. The van der Waals surface area contributed by atoms with Crippen molar-refractivity contribution in [2.24, 2.45) is 0 Å². The molecule has 170 valence electrons. The monoisotopic (exact) mass is 458 g/mol. The molecule has 1 atom stereocenters. The molecule has 10 heteroatoms. The number of carbonyl (C=O) groups excluding carboxylic acids is 1. The van der Waals surface area contributed by atoms with E-state index in [1.54, 1.807) is 30.5 Å². The molecule has 0 aliphatic carbocycles. The van der Waals surface area contributed by atoms with Crippen molar-refractivity contribution < 1.29 is 23.1 Å². The van der Waals surface area contributed by atoms with Gasteiger partial charge in [-0.05, 0) is 43.7 Å². The molecule has 2 N–H and O–H groups in total. The van der Waals surface area contributed by atoms with Crippen molar-refractivity contribution in [2.75, 3.05) is 31.6 Å². The summed E-state index contributed by atoms with van der Waals surface area (Å²) >= 11 is 0. The molecule has 0 bridgehead atoms. The second kappa shape index (κ2) is 8.99. The number of aliphatic hydroxyl groups is 1. The Morgan fingerprint density at radius 1 is 1.22 bits per heavy atom. The first-order valence-electron chi connectivity index (χ1n) is 10.4. The first kappa shape index (κ1) is 22.4. The van der Waals surface area contributed by atoms with Gasteiger partial charge in [0.1, 0.15) is 18.5 Å². The van der Waals surface area contributed by atoms with Crippen molar-refractivity contribution in [3.05, 3.63) is 53.9 Å². The molecule has 0 spiro atoms. The van der Waals surface area contributed by atoms with Gasteiger partial charge in [-0.15, -0.1) is 0 Å². The fourth-order valence-electron chi connectivity index (χ4n) is 3.81. The Balaban J connectivity index is 1.58. The van der Waals surface area contributed by atoms with Crippen LogP contribution in [0.3, 0.4) is 0 Å². The van der Waals surface area contributed by atoms with Crippen LogP contribution in [0, 0.1) is 6.92 Å². The number of benzene rings is 2. The third kappa shape index (κ3) is 4.40. The average Bonchev–Trinajstić information content (AvgIpc) is 3.14. The SMILES string of the molecule is Cc1ccc(NC(=O)Cn2c([C@@H](C)O)nc3ccccc32)cc1S(=O)(=O)N1CCOCC1. The van der Waals surface area contributed by atoms with Gasteiger partial charge in [0.2, 0.25) is 15.9 Å². The number of aryl methyl sites for hydroxylation is 1. The number of nitrogens with one attached hydrogen (secondary N) is 1. The molecule has 1 amide bonds. The predicted octanol–water partition coefficient (Wildman–Crippen LogP) is 2.06. The van der Waals surface area contributed by atoms with Gasteiger partial charge < -0.3 is 19.7 Å². The Labute approximate surface area is 186 Å². The average molecular weight is 459 g/mol. The maximum Gasteiger partial charge on any atom is 0.244 e. The van der Waals surface area contributed by atoms with E-state index < -0.39 is 16.1 Å². The van der Waals surface area contributed by atoms with Gasteiger partial charge in [0.15, 0.2) is 0 Å². The topological polar surface area (TPSA) is 114 Å². The Bertz CT molecular complexity index is 1250. The number of carbonyl (C=O) groups is 1. The number of aromatic nitrogens is 2.